The predicted molar refractivity (Wildman–Crippen MR) is 107 cm³/mol. The molecular weight excluding hydrogens is 354 g/mol. The molecule has 0 amide bonds. The van der Waals surface area contributed by atoms with Gasteiger partial charge in [-0.1, -0.05) is 42.5 Å². The molecule has 0 aliphatic rings. The molecule has 5 aromatic rings. The second-order valence-electron chi connectivity index (χ2n) is 6.32. The summed E-state index contributed by atoms with van der Waals surface area (Å²) < 4.78 is 0. The Morgan fingerprint density at radius 2 is 1.50 bits per heavy atom. The van der Waals surface area contributed by atoms with E-state index in [9.17, 15) is 10.1 Å². The second-order valence-corrected chi connectivity index (χ2v) is 6.32. The van der Waals surface area contributed by atoms with Crippen LogP contribution in [-0.2, 0) is 0 Å². The smallest absolute Gasteiger partial charge is 0.271 e. The van der Waals surface area contributed by atoms with E-state index in [1.165, 1.54) is 12.1 Å². The molecule has 0 radical (unpaired) electrons. The lowest BCUT2D eigenvalue weighted by Gasteiger charge is -2.08. The zero-order valence-corrected chi connectivity index (χ0v) is 14.5. The summed E-state index contributed by atoms with van der Waals surface area (Å²) in [5.41, 5.74) is 4.83. The van der Waals surface area contributed by atoms with Crippen LogP contribution in [0.25, 0.3) is 44.8 Å². The normalized spacial score (nSPS) is 11.1. The second kappa shape index (κ2) is 6.24. The van der Waals surface area contributed by atoms with Gasteiger partial charge >= 0.3 is 0 Å². The molecular formula is C21H13N5O2. The van der Waals surface area contributed by atoms with Crippen LogP contribution in [0.15, 0.2) is 72.8 Å². The van der Waals surface area contributed by atoms with Crippen LogP contribution >= 0.6 is 0 Å². The van der Waals surface area contributed by atoms with E-state index in [1.54, 1.807) is 6.07 Å². The molecule has 2 heterocycles. The van der Waals surface area contributed by atoms with Gasteiger partial charge < -0.3 is 4.98 Å². The number of fused-ring (bicyclic) bond motifs is 2. The summed E-state index contributed by atoms with van der Waals surface area (Å²) in [5, 5.41) is 11.1. The largest absolute Gasteiger partial charge is 0.337 e. The van der Waals surface area contributed by atoms with Crippen molar-refractivity contribution in [3.05, 3.63) is 82.9 Å². The lowest BCUT2D eigenvalue weighted by Crippen LogP contribution is -1.97. The standard InChI is InChI=1S/C21H13N5O2/c27-26(28)14-10-11-17-18(12-14)23-20(19(22-17)13-6-2-1-3-7-13)21-24-15-8-4-5-9-16(15)25-21/h1-12H,(H,24,25). The van der Waals surface area contributed by atoms with Gasteiger partial charge in [0.05, 0.1) is 27.0 Å². The van der Waals surface area contributed by atoms with E-state index < -0.39 is 4.92 Å². The summed E-state index contributed by atoms with van der Waals surface area (Å²) in [6.07, 6.45) is 0. The number of rotatable bonds is 3. The number of nitrogens with one attached hydrogen (secondary N) is 1. The number of benzene rings is 3. The molecule has 0 fully saturated rings. The lowest BCUT2D eigenvalue weighted by atomic mass is 10.1. The number of H-pyrrole nitrogens is 1. The highest BCUT2D eigenvalue weighted by Gasteiger charge is 2.18. The highest BCUT2D eigenvalue weighted by Crippen LogP contribution is 2.31. The molecule has 0 unspecified atom stereocenters. The maximum atomic E-state index is 11.1. The van der Waals surface area contributed by atoms with Gasteiger partial charge in [0, 0.05) is 17.7 Å². The summed E-state index contributed by atoms with van der Waals surface area (Å²) in [6.45, 7) is 0. The molecule has 0 saturated heterocycles. The van der Waals surface area contributed by atoms with Crippen LogP contribution in [-0.4, -0.2) is 24.9 Å². The van der Waals surface area contributed by atoms with Crippen LogP contribution < -0.4 is 0 Å². The topological polar surface area (TPSA) is 97.6 Å². The monoisotopic (exact) mass is 367 g/mol. The first-order chi connectivity index (χ1) is 13.7. The van der Waals surface area contributed by atoms with E-state index >= 15 is 0 Å². The molecule has 28 heavy (non-hydrogen) atoms. The number of non-ortho nitro benzene ring substituents is 1. The average molecular weight is 367 g/mol. The van der Waals surface area contributed by atoms with E-state index in [1.807, 2.05) is 54.6 Å². The first-order valence-corrected chi connectivity index (χ1v) is 8.66. The molecule has 7 heteroatoms. The van der Waals surface area contributed by atoms with Crippen LogP contribution in [0.2, 0.25) is 0 Å². The number of hydrogen-bond acceptors (Lipinski definition) is 5. The third kappa shape index (κ3) is 2.66. The van der Waals surface area contributed by atoms with Gasteiger partial charge in [-0.05, 0) is 18.2 Å². The summed E-state index contributed by atoms with van der Waals surface area (Å²) in [7, 11) is 0. The van der Waals surface area contributed by atoms with E-state index in [0.717, 1.165) is 16.6 Å². The van der Waals surface area contributed by atoms with Gasteiger partial charge in [0.15, 0.2) is 5.82 Å². The Morgan fingerprint density at radius 1 is 0.750 bits per heavy atom. The minimum Gasteiger partial charge on any atom is -0.337 e. The maximum absolute atomic E-state index is 11.1. The number of hydrogen-bond donors (Lipinski definition) is 1. The van der Waals surface area contributed by atoms with Crippen molar-refractivity contribution in [1.29, 1.82) is 0 Å². The molecule has 3 aromatic carbocycles. The van der Waals surface area contributed by atoms with Crippen LogP contribution in [0.3, 0.4) is 0 Å². The van der Waals surface area contributed by atoms with Gasteiger partial charge in [0.25, 0.3) is 5.69 Å². The first kappa shape index (κ1) is 16.1. The van der Waals surface area contributed by atoms with Crippen molar-refractivity contribution in [1.82, 2.24) is 19.9 Å². The molecule has 0 aliphatic heterocycles. The van der Waals surface area contributed by atoms with Crippen molar-refractivity contribution in [3.63, 3.8) is 0 Å². The number of para-hydroxylation sites is 2. The predicted octanol–water partition coefficient (Wildman–Crippen LogP) is 4.75. The van der Waals surface area contributed by atoms with Crippen molar-refractivity contribution in [2.45, 2.75) is 0 Å². The van der Waals surface area contributed by atoms with Crippen LogP contribution in [0.4, 0.5) is 5.69 Å². The number of aromatic nitrogens is 4. The molecule has 5 rings (SSSR count). The van der Waals surface area contributed by atoms with Crippen molar-refractivity contribution in [3.8, 4) is 22.8 Å². The Morgan fingerprint density at radius 3 is 2.29 bits per heavy atom. The zero-order valence-electron chi connectivity index (χ0n) is 14.5. The molecule has 2 aromatic heterocycles. The number of imidazole rings is 1. The highest BCUT2D eigenvalue weighted by atomic mass is 16.6. The van der Waals surface area contributed by atoms with Gasteiger partial charge in [-0.3, -0.25) is 10.1 Å². The third-order valence-corrected chi connectivity index (χ3v) is 4.52. The fourth-order valence-electron chi connectivity index (χ4n) is 3.18. The minimum absolute atomic E-state index is 0.0233. The fourth-order valence-corrected chi connectivity index (χ4v) is 3.18. The molecule has 0 atom stereocenters. The number of nitro groups is 1. The average Bonchev–Trinajstić information content (AvgIpc) is 3.17. The van der Waals surface area contributed by atoms with E-state index in [0.29, 0.717) is 28.2 Å². The zero-order chi connectivity index (χ0) is 19.1. The van der Waals surface area contributed by atoms with Crippen LogP contribution in [0.5, 0.6) is 0 Å². The van der Waals surface area contributed by atoms with Gasteiger partial charge in [0.2, 0.25) is 0 Å². The fraction of sp³-hybridized carbons (Fsp3) is 0. The molecule has 7 nitrogen and oxygen atoms in total. The third-order valence-electron chi connectivity index (χ3n) is 4.52. The Hall–Kier alpha value is -4.13. The Kier molecular flexibility index (Phi) is 3.58. The van der Waals surface area contributed by atoms with Crippen LogP contribution in [0.1, 0.15) is 0 Å². The molecule has 0 bridgehead atoms. The van der Waals surface area contributed by atoms with E-state index in [2.05, 4.69) is 9.97 Å². The van der Waals surface area contributed by atoms with Gasteiger partial charge in [-0.2, -0.15) is 0 Å². The Balaban J connectivity index is 1.81. The lowest BCUT2D eigenvalue weighted by molar-refractivity contribution is -0.384. The number of nitro benzene ring substituents is 1. The first-order valence-electron chi connectivity index (χ1n) is 8.66. The van der Waals surface area contributed by atoms with E-state index in [-0.39, 0.29) is 5.69 Å². The summed E-state index contributed by atoms with van der Waals surface area (Å²) >= 11 is 0. The maximum Gasteiger partial charge on any atom is 0.271 e. The van der Waals surface area contributed by atoms with Crippen molar-refractivity contribution in [2.75, 3.05) is 0 Å². The highest BCUT2D eigenvalue weighted by molar-refractivity contribution is 5.88. The van der Waals surface area contributed by atoms with Crippen molar-refractivity contribution < 1.29 is 4.92 Å². The number of aromatic amines is 1. The molecule has 0 saturated carbocycles. The molecule has 1 N–H and O–H groups in total. The van der Waals surface area contributed by atoms with E-state index in [4.69, 9.17) is 9.97 Å². The van der Waals surface area contributed by atoms with Crippen molar-refractivity contribution >= 4 is 27.8 Å². The van der Waals surface area contributed by atoms with Gasteiger partial charge in [-0.25, -0.2) is 15.0 Å². The van der Waals surface area contributed by atoms with Gasteiger partial charge in [-0.15, -0.1) is 0 Å². The minimum atomic E-state index is -0.437. The molecule has 0 spiro atoms. The summed E-state index contributed by atoms with van der Waals surface area (Å²) in [6, 6.07) is 21.9. The summed E-state index contributed by atoms with van der Waals surface area (Å²) in [5.74, 6) is 0.570. The van der Waals surface area contributed by atoms with Crippen LogP contribution in [0, 0.1) is 10.1 Å². The Bertz CT molecular complexity index is 1310. The quantitative estimate of drug-likeness (QED) is 0.367. The molecule has 0 aliphatic carbocycles. The van der Waals surface area contributed by atoms with Crippen molar-refractivity contribution in [2.24, 2.45) is 0 Å². The SMILES string of the molecule is O=[N+]([O-])c1ccc2nc(-c3ccccc3)c(-c3nc4ccccc4[nH]3)nc2c1. The number of nitrogens with zero attached hydrogens (tertiary/aromatic N) is 4. The summed E-state index contributed by atoms with van der Waals surface area (Å²) in [4.78, 5) is 28.1. The Labute approximate surface area is 158 Å². The molecule has 134 valence electrons. The van der Waals surface area contributed by atoms with Gasteiger partial charge in [0.1, 0.15) is 11.4 Å².